The van der Waals surface area contributed by atoms with Gasteiger partial charge in [-0.25, -0.2) is 13.7 Å². The molecule has 2 atom stereocenters. The Morgan fingerprint density at radius 3 is 2.37 bits per heavy atom. The number of esters is 1. The van der Waals surface area contributed by atoms with Gasteiger partial charge in [-0.2, -0.15) is 0 Å². The molecular weight excluding hydrogens is 362 g/mol. The quantitative estimate of drug-likeness (QED) is 0.719. The maximum absolute atomic E-state index is 12.2. The standard InChI is InChI=1S/C21H27NO4S/c1-15(22-27(24)21(2,3)4)12-16-8-6-10-18(13-16)26-19-11-7-9-17(14-19)20(23)25-5/h6-11,13-15,22H,12H2,1-5H3/t15-,27?/m0/s1. The topological polar surface area (TPSA) is 64.6 Å². The third-order valence-electron chi connectivity index (χ3n) is 3.80. The third-order valence-corrected chi connectivity index (χ3v) is 5.52. The number of rotatable bonds is 7. The summed E-state index contributed by atoms with van der Waals surface area (Å²) in [5, 5.41) is 0. The minimum Gasteiger partial charge on any atom is -0.465 e. The smallest absolute Gasteiger partial charge is 0.337 e. The van der Waals surface area contributed by atoms with E-state index >= 15 is 0 Å². The Labute approximate surface area is 163 Å². The van der Waals surface area contributed by atoms with Crippen LogP contribution in [0.2, 0.25) is 0 Å². The van der Waals surface area contributed by atoms with Crippen LogP contribution in [0.25, 0.3) is 0 Å². The zero-order valence-electron chi connectivity index (χ0n) is 16.4. The first kappa shape index (κ1) is 21.1. The van der Waals surface area contributed by atoms with Crippen molar-refractivity contribution in [2.75, 3.05) is 7.11 Å². The number of hydrogen-bond donors (Lipinski definition) is 1. The van der Waals surface area contributed by atoms with Crippen molar-refractivity contribution in [3.8, 4) is 11.5 Å². The fourth-order valence-electron chi connectivity index (χ4n) is 2.43. The third kappa shape index (κ3) is 6.48. The van der Waals surface area contributed by atoms with Gasteiger partial charge in [0.2, 0.25) is 0 Å². The summed E-state index contributed by atoms with van der Waals surface area (Å²) in [6.07, 6.45) is 0.723. The van der Waals surface area contributed by atoms with E-state index in [2.05, 4.69) is 4.72 Å². The normalized spacial score (nSPS) is 13.7. The van der Waals surface area contributed by atoms with E-state index in [9.17, 15) is 9.00 Å². The lowest BCUT2D eigenvalue weighted by atomic mass is 10.1. The van der Waals surface area contributed by atoms with Gasteiger partial charge in [0.25, 0.3) is 0 Å². The number of benzene rings is 2. The van der Waals surface area contributed by atoms with E-state index in [-0.39, 0.29) is 10.8 Å². The number of nitrogens with one attached hydrogen (secondary N) is 1. The summed E-state index contributed by atoms with van der Waals surface area (Å²) in [7, 11) is 0.237. The number of methoxy groups -OCH3 is 1. The van der Waals surface area contributed by atoms with Crippen molar-refractivity contribution in [1.29, 1.82) is 0 Å². The first-order chi connectivity index (χ1) is 12.7. The number of carbonyl (C=O) groups excluding carboxylic acids is 1. The predicted molar refractivity (Wildman–Crippen MR) is 108 cm³/mol. The van der Waals surface area contributed by atoms with E-state index in [1.165, 1.54) is 7.11 Å². The van der Waals surface area contributed by atoms with E-state index in [0.29, 0.717) is 17.1 Å². The molecule has 6 heteroatoms. The van der Waals surface area contributed by atoms with Crippen LogP contribution in [0, 0.1) is 0 Å². The maximum atomic E-state index is 12.2. The predicted octanol–water partition coefficient (Wildman–Crippen LogP) is 4.25. The average molecular weight is 390 g/mol. The summed E-state index contributed by atoms with van der Waals surface area (Å²) in [6.45, 7) is 7.84. The molecule has 1 N–H and O–H groups in total. The summed E-state index contributed by atoms with van der Waals surface area (Å²) >= 11 is 0. The molecule has 0 amide bonds. The second-order valence-corrected chi connectivity index (χ2v) is 9.37. The molecule has 1 unspecified atom stereocenters. The summed E-state index contributed by atoms with van der Waals surface area (Å²) in [6, 6.07) is 14.7. The lowest BCUT2D eigenvalue weighted by Crippen LogP contribution is -2.39. The molecule has 0 aliphatic carbocycles. The van der Waals surface area contributed by atoms with Gasteiger partial charge < -0.3 is 9.47 Å². The summed E-state index contributed by atoms with van der Waals surface area (Å²) in [5.41, 5.74) is 1.51. The molecule has 2 rings (SSSR count). The van der Waals surface area contributed by atoms with E-state index < -0.39 is 17.0 Å². The van der Waals surface area contributed by atoms with Gasteiger partial charge in [-0.15, -0.1) is 0 Å². The van der Waals surface area contributed by atoms with Crippen molar-refractivity contribution in [2.24, 2.45) is 0 Å². The highest BCUT2D eigenvalue weighted by Gasteiger charge is 2.21. The van der Waals surface area contributed by atoms with Gasteiger partial charge in [0.15, 0.2) is 0 Å². The second kappa shape index (κ2) is 9.15. The van der Waals surface area contributed by atoms with Gasteiger partial charge in [0, 0.05) is 6.04 Å². The van der Waals surface area contributed by atoms with Gasteiger partial charge in [0.05, 0.1) is 28.4 Å². The van der Waals surface area contributed by atoms with Crippen LogP contribution in [0.15, 0.2) is 48.5 Å². The molecule has 0 aromatic heterocycles. The van der Waals surface area contributed by atoms with Gasteiger partial charge in [-0.05, 0) is 70.0 Å². The first-order valence-corrected chi connectivity index (χ1v) is 9.97. The molecule has 0 bridgehead atoms. The average Bonchev–Trinajstić information content (AvgIpc) is 2.60. The molecule has 0 saturated carbocycles. The van der Waals surface area contributed by atoms with Gasteiger partial charge in [0.1, 0.15) is 11.5 Å². The van der Waals surface area contributed by atoms with Gasteiger partial charge >= 0.3 is 5.97 Å². The van der Waals surface area contributed by atoms with Crippen molar-refractivity contribution in [1.82, 2.24) is 4.72 Å². The zero-order valence-corrected chi connectivity index (χ0v) is 17.3. The Morgan fingerprint density at radius 1 is 1.11 bits per heavy atom. The van der Waals surface area contributed by atoms with Crippen LogP contribution in [0.5, 0.6) is 11.5 Å². The number of ether oxygens (including phenoxy) is 2. The largest absolute Gasteiger partial charge is 0.465 e. The molecule has 5 nitrogen and oxygen atoms in total. The van der Waals surface area contributed by atoms with Crippen molar-refractivity contribution in [2.45, 2.75) is 44.9 Å². The molecule has 0 fully saturated rings. The van der Waals surface area contributed by atoms with Crippen LogP contribution < -0.4 is 9.46 Å². The molecule has 0 aliphatic heterocycles. The van der Waals surface area contributed by atoms with E-state index in [1.54, 1.807) is 24.3 Å². The zero-order chi connectivity index (χ0) is 20.0. The minimum atomic E-state index is -1.11. The highest BCUT2D eigenvalue weighted by molar-refractivity contribution is 7.84. The summed E-state index contributed by atoms with van der Waals surface area (Å²) in [4.78, 5) is 11.6. The molecule has 0 aliphatic rings. The number of carbonyl (C=O) groups is 1. The molecule has 0 spiro atoms. The van der Waals surface area contributed by atoms with Gasteiger partial charge in [-0.3, -0.25) is 0 Å². The lowest BCUT2D eigenvalue weighted by Gasteiger charge is -2.22. The Hall–Kier alpha value is -2.18. The van der Waals surface area contributed by atoms with Crippen LogP contribution >= 0.6 is 0 Å². The van der Waals surface area contributed by atoms with Crippen LogP contribution in [-0.2, 0) is 22.1 Å². The summed E-state index contributed by atoms with van der Waals surface area (Å²) < 4.78 is 25.7. The Kier molecular flexibility index (Phi) is 7.16. The molecule has 146 valence electrons. The molecule has 0 saturated heterocycles. The van der Waals surface area contributed by atoms with Crippen LogP contribution in [0.4, 0.5) is 0 Å². The molecule has 2 aromatic carbocycles. The second-order valence-electron chi connectivity index (χ2n) is 7.37. The molecule has 27 heavy (non-hydrogen) atoms. The van der Waals surface area contributed by atoms with Crippen molar-refractivity contribution < 1.29 is 18.5 Å². The summed E-state index contributed by atoms with van der Waals surface area (Å²) in [5.74, 6) is 0.842. The van der Waals surface area contributed by atoms with Crippen molar-refractivity contribution in [3.05, 3.63) is 59.7 Å². The van der Waals surface area contributed by atoms with E-state index in [1.807, 2.05) is 52.0 Å². The Bertz CT molecular complexity index is 814. The fraction of sp³-hybridized carbons (Fsp3) is 0.381. The highest BCUT2D eigenvalue weighted by atomic mass is 32.2. The van der Waals surface area contributed by atoms with E-state index in [0.717, 1.165) is 12.0 Å². The molecule has 0 radical (unpaired) electrons. The minimum absolute atomic E-state index is 0.0583. The molecular formula is C21H27NO4S. The molecule has 2 aromatic rings. The van der Waals surface area contributed by atoms with Crippen molar-refractivity contribution >= 4 is 17.0 Å². The highest BCUT2D eigenvalue weighted by Crippen LogP contribution is 2.24. The maximum Gasteiger partial charge on any atom is 0.337 e. The lowest BCUT2D eigenvalue weighted by molar-refractivity contribution is 0.0600. The van der Waals surface area contributed by atoms with E-state index in [4.69, 9.17) is 9.47 Å². The van der Waals surface area contributed by atoms with Gasteiger partial charge in [-0.1, -0.05) is 18.2 Å². The SMILES string of the molecule is COC(=O)c1cccc(Oc2cccc(C[C@H](C)NS(=O)C(C)(C)C)c2)c1. The van der Waals surface area contributed by atoms with Crippen LogP contribution in [0.1, 0.15) is 43.6 Å². The van der Waals surface area contributed by atoms with Crippen molar-refractivity contribution in [3.63, 3.8) is 0 Å². The fourth-order valence-corrected chi connectivity index (χ4v) is 3.23. The Morgan fingerprint density at radius 2 is 1.74 bits per heavy atom. The first-order valence-electron chi connectivity index (χ1n) is 8.82. The monoisotopic (exact) mass is 389 g/mol. The Balaban J connectivity index is 2.05. The van der Waals surface area contributed by atoms with Crippen LogP contribution in [0.3, 0.4) is 0 Å². The number of hydrogen-bond acceptors (Lipinski definition) is 4. The van der Waals surface area contributed by atoms with Crippen LogP contribution in [-0.4, -0.2) is 28.1 Å². The molecule has 0 heterocycles.